The molecular weight excluding hydrogens is 280 g/mol. The summed E-state index contributed by atoms with van der Waals surface area (Å²) in [5.41, 5.74) is 2.54. The number of nitrogens with one attached hydrogen (secondary N) is 1. The van der Waals surface area contributed by atoms with Crippen molar-refractivity contribution in [2.45, 2.75) is 13.8 Å². The zero-order valence-electron chi connectivity index (χ0n) is 12.5. The van der Waals surface area contributed by atoms with Gasteiger partial charge in [0, 0.05) is 11.3 Å². The Bertz CT molecular complexity index is 661. The second-order valence-corrected chi connectivity index (χ2v) is 4.67. The summed E-state index contributed by atoms with van der Waals surface area (Å²) in [7, 11) is 0. The predicted octanol–water partition coefficient (Wildman–Crippen LogP) is 3.54. The SMILES string of the molecule is CCOc1ccc(C(=O)Nc2ccc(/C(C)=N/O)cc2)cc1. The van der Waals surface area contributed by atoms with Crippen molar-refractivity contribution in [1.29, 1.82) is 0 Å². The smallest absolute Gasteiger partial charge is 0.255 e. The average molecular weight is 298 g/mol. The van der Waals surface area contributed by atoms with Crippen molar-refractivity contribution in [3.05, 3.63) is 59.7 Å². The Labute approximate surface area is 129 Å². The molecule has 0 bridgehead atoms. The summed E-state index contributed by atoms with van der Waals surface area (Å²) < 4.78 is 5.34. The quantitative estimate of drug-likeness (QED) is 0.504. The van der Waals surface area contributed by atoms with Crippen LogP contribution >= 0.6 is 0 Å². The number of amides is 1. The zero-order valence-corrected chi connectivity index (χ0v) is 12.5. The van der Waals surface area contributed by atoms with Crippen LogP contribution in [0.25, 0.3) is 0 Å². The van der Waals surface area contributed by atoms with Crippen molar-refractivity contribution < 1.29 is 14.7 Å². The molecule has 0 saturated heterocycles. The first-order valence-corrected chi connectivity index (χ1v) is 6.97. The molecular formula is C17H18N2O3. The molecule has 2 rings (SSSR count). The summed E-state index contributed by atoms with van der Waals surface area (Å²) in [6.07, 6.45) is 0. The fourth-order valence-electron chi connectivity index (χ4n) is 1.92. The van der Waals surface area contributed by atoms with E-state index in [2.05, 4.69) is 10.5 Å². The number of anilines is 1. The highest BCUT2D eigenvalue weighted by Crippen LogP contribution is 2.15. The van der Waals surface area contributed by atoms with Gasteiger partial charge in [-0.1, -0.05) is 17.3 Å². The number of hydrogen-bond acceptors (Lipinski definition) is 4. The van der Waals surface area contributed by atoms with Crippen LogP contribution in [0.5, 0.6) is 5.75 Å². The molecule has 2 N–H and O–H groups in total. The number of carbonyl (C=O) groups excluding carboxylic acids is 1. The van der Waals surface area contributed by atoms with Crippen LogP contribution < -0.4 is 10.1 Å². The van der Waals surface area contributed by atoms with Gasteiger partial charge >= 0.3 is 0 Å². The van der Waals surface area contributed by atoms with E-state index in [-0.39, 0.29) is 5.91 Å². The van der Waals surface area contributed by atoms with Crippen LogP contribution in [0.4, 0.5) is 5.69 Å². The van der Waals surface area contributed by atoms with Gasteiger partial charge in [0.2, 0.25) is 0 Å². The Hall–Kier alpha value is -2.82. The summed E-state index contributed by atoms with van der Waals surface area (Å²) in [5.74, 6) is 0.547. The first kappa shape index (κ1) is 15.6. The van der Waals surface area contributed by atoms with Crippen molar-refractivity contribution in [3.8, 4) is 5.75 Å². The first-order chi connectivity index (χ1) is 10.6. The largest absolute Gasteiger partial charge is 0.494 e. The molecule has 2 aromatic carbocycles. The van der Waals surface area contributed by atoms with Crippen LogP contribution in [0.1, 0.15) is 29.8 Å². The Morgan fingerprint density at radius 2 is 1.68 bits per heavy atom. The van der Waals surface area contributed by atoms with E-state index in [1.807, 2.05) is 6.92 Å². The molecule has 1 amide bonds. The first-order valence-electron chi connectivity index (χ1n) is 6.97. The van der Waals surface area contributed by atoms with Crippen molar-refractivity contribution in [2.75, 3.05) is 11.9 Å². The predicted molar refractivity (Wildman–Crippen MR) is 86.0 cm³/mol. The molecule has 0 atom stereocenters. The third kappa shape index (κ3) is 3.85. The third-order valence-corrected chi connectivity index (χ3v) is 3.14. The van der Waals surface area contributed by atoms with Crippen LogP contribution in [-0.2, 0) is 0 Å². The molecule has 0 radical (unpaired) electrons. The van der Waals surface area contributed by atoms with Crippen LogP contribution in [0, 0.1) is 0 Å². The monoisotopic (exact) mass is 298 g/mol. The average Bonchev–Trinajstić information content (AvgIpc) is 2.55. The van der Waals surface area contributed by atoms with E-state index >= 15 is 0 Å². The zero-order chi connectivity index (χ0) is 15.9. The van der Waals surface area contributed by atoms with E-state index in [0.717, 1.165) is 11.3 Å². The maximum Gasteiger partial charge on any atom is 0.255 e. The van der Waals surface area contributed by atoms with Gasteiger partial charge in [0.1, 0.15) is 5.75 Å². The standard InChI is InChI=1S/C17H18N2O3/c1-3-22-16-10-6-14(7-11-16)17(20)18-15-8-4-13(5-9-15)12(2)19-21/h4-11,21H,3H2,1-2H3,(H,18,20)/b19-12+. The molecule has 114 valence electrons. The molecule has 0 heterocycles. The minimum absolute atomic E-state index is 0.191. The van der Waals surface area contributed by atoms with E-state index in [9.17, 15) is 4.79 Å². The summed E-state index contributed by atoms with van der Waals surface area (Å²) in [5, 5.41) is 14.7. The number of carbonyl (C=O) groups is 1. The minimum atomic E-state index is -0.191. The molecule has 0 unspecified atom stereocenters. The van der Waals surface area contributed by atoms with Gasteiger partial charge in [-0.25, -0.2) is 0 Å². The van der Waals surface area contributed by atoms with E-state index in [4.69, 9.17) is 9.94 Å². The molecule has 0 spiro atoms. The summed E-state index contributed by atoms with van der Waals surface area (Å²) in [4.78, 5) is 12.1. The lowest BCUT2D eigenvalue weighted by Gasteiger charge is -2.07. The van der Waals surface area contributed by atoms with Gasteiger partial charge in [-0.05, 0) is 55.8 Å². The number of rotatable bonds is 5. The van der Waals surface area contributed by atoms with Gasteiger partial charge in [0.15, 0.2) is 0 Å². The number of nitrogens with zero attached hydrogens (tertiary/aromatic N) is 1. The summed E-state index contributed by atoms with van der Waals surface area (Å²) in [6, 6.07) is 14.1. The van der Waals surface area contributed by atoms with E-state index in [1.165, 1.54) is 0 Å². The van der Waals surface area contributed by atoms with Crippen LogP contribution in [0.15, 0.2) is 53.7 Å². The van der Waals surface area contributed by atoms with Crippen LogP contribution in [0.3, 0.4) is 0 Å². The fourth-order valence-corrected chi connectivity index (χ4v) is 1.92. The molecule has 0 aliphatic heterocycles. The van der Waals surface area contributed by atoms with Crippen molar-refractivity contribution in [2.24, 2.45) is 5.16 Å². The van der Waals surface area contributed by atoms with Gasteiger partial charge in [0.05, 0.1) is 12.3 Å². The highest BCUT2D eigenvalue weighted by molar-refractivity contribution is 6.04. The van der Waals surface area contributed by atoms with Crippen molar-refractivity contribution in [1.82, 2.24) is 0 Å². The van der Waals surface area contributed by atoms with Gasteiger partial charge < -0.3 is 15.3 Å². The number of oxime groups is 1. The summed E-state index contributed by atoms with van der Waals surface area (Å²) >= 11 is 0. The Morgan fingerprint density at radius 3 is 2.23 bits per heavy atom. The van der Waals surface area contributed by atoms with Gasteiger partial charge in [-0.3, -0.25) is 4.79 Å². The van der Waals surface area contributed by atoms with Crippen molar-refractivity contribution >= 4 is 17.3 Å². The van der Waals surface area contributed by atoms with E-state index in [1.54, 1.807) is 55.5 Å². The van der Waals surface area contributed by atoms with Gasteiger partial charge in [-0.2, -0.15) is 0 Å². The Kier molecular flexibility index (Phi) is 5.14. The Morgan fingerprint density at radius 1 is 1.09 bits per heavy atom. The number of benzene rings is 2. The third-order valence-electron chi connectivity index (χ3n) is 3.14. The number of ether oxygens (including phenoxy) is 1. The fraction of sp³-hybridized carbons (Fsp3) is 0.176. The topological polar surface area (TPSA) is 70.9 Å². The number of hydrogen-bond donors (Lipinski definition) is 2. The molecule has 0 aliphatic carbocycles. The van der Waals surface area contributed by atoms with E-state index < -0.39 is 0 Å². The minimum Gasteiger partial charge on any atom is -0.494 e. The second kappa shape index (κ2) is 7.26. The Balaban J connectivity index is 2.05. The lowest BCUT2D eigenvalue weighted by molar-refractivity contribution is 0.102. The summed E-state index contributed by atoms with van der Waals surface area (Å²) in [6.45, 7) is 4.20. The van der Waals surface area contributed by atoms with Gasteiger partial charge in [-0.15, -0.1) is 0 Å². The van der Waals surface area contributed by atoms with Crippen molar-refractivity contribution in [3.63, 3.8) is 0 Å². The molecule has 5 heteroatoms. The second-order valence-electron chi connectivity index (χ2n) is 4.67. The molecule has 0 aromatic heterocycles. The lowest BCUT2D eigenvalue weighted by atomic mass is 10.1. The molecule has 0 aliphatic rings. The maximum atomic E-state index is 12.1. The highest BCUT2D eigenvalue weighted by Gasteiger charge is 2.06. The highest BCUT2D eigenvalue weighted by atomic mass is 16.5. The maximum absolute atomic E-state index is 12.1. The molecule has 0 fully saturated rings. The van der Waals surface area contributed by atoms with Gasteiger partial charge in [0.25, 0.3) is 5.91 Å². The normalized spacial score (nSPS) is 11.1. The van der Waals surface area contributed by atoms with E-state index in [0.29, 0.717) is 23.6 Å². The molecule has 22 heavy (non-hydrogen) atoms. The molecule has 0 saturated carbocycles. The van der Waals surface area contributed by atoms with Crippen LogP contribution in [-0.4, -0.2) is 23.4 Å². The lowest BCUT2D eigenvalue weighted by Crippen LogP contribution is -2.11. The van der Waals surface area contributed by atoms with Crippen LogP contribution in [0.2, 0.25) is 0 Å². The molecule has 5 nitrogen and oxygen atoms in total. The molecule has 2 aromatic rings.